The number of carbonyl (C=O) groups is 7. The molecular weight excluding hydrogens is 1340 g/mol. The highest BCUT2D eigenvalue weighted by molar-refractivity contribution is 7.81. The Morgan fingerprint density at radius 1 is 0.740 bits per heavy atom. The van der Waals surface area contributed by atoms with Crippen molar-refractivity contribution in [3.05, 3.63) is 65.4 Å². The highest BCUT2D eigenvalue weighted by Crippen LogP contribution is 2.40. The summed E-state index contributed by atoms with van der Waals surface area (Å²) in [7, 11) is -3.59. The van der Waals surface area contributed by atoms with Gasteiger partial charge in [0.2, 0.25) is 47.3 Å². The number of fused-ring (bicyclic) bond motifs is 2. The summed E-state index contributed by atoms with van der Waals surface area (Å²) >= 11 is 1.52. The van der Waals surface area contributed by atoms with Crippen LogP contribution in [-0.2, 0) is 55.1 Å². The maximum atomic E-state index is 14.9. The number of nitrogens with two attached hydrogens (primary N) is 1. The van der Waals surface area contributed by atoms with E-state index in [1.807, 2.05) is 36.7 Å². The topological polar surface area (TPSA) is 473 Å². The number of aliphatic hydroxyl groups excluding tert-OH is 6. The van der Waals surface area contributed by atoms with Gasteiger partial charge in [-0.05, 0) is 101 Å². The maximum absolute atomic E-state index is 14.9. The number of aliphatic hydroxyl groups is 6. The highest BCUT2D eigenvalue weighted by Gasteiger charge is 2.50. The highest BCUT2D eigenvalue weighted by atomic mass is 32.3. The van der Waals surface area contributed by atoms with E-state index in [0.29, 0.717) is 24.9 Å². The maximum Gasteiger partial charge on any atom is 0.446 e. The molecule has 2 aliphatic carbocycles. The van der Waals surface area contributed by atoms with Gasteiger partial charge in [-0.3, -0.25) is 43.0 Å². The average molecular weight is 1430 g/mol. The van der Waals surface area contributed by atoms with Crippen LogP contribution >= 0.6 is 11.3 Å². The van der Waals surface area contributed by atoms with Crippen molar-refractivity contribution < 1.29 is 91.2 Å². The minimum absolute atomic E-state index is 0.00704. The first-order valence-corrected chi connectivity index (χ1v) is 36.3. The quantitative estimate of drug-likeness (QED) is 0.0541. The number of nitrogens with one attached hydrogen (secondary N) is 4. The zero-order valence-corrected chi connectivity index (χ0v) is 57.5. The molecule has 0 unspecified atom stereocenters. The number of β-amino-alcohol motifs (C(OH)–C–C–N with tert-alkyl or cyclic N) is 1. The fraction of sp³-hybridized carbons (Fsp3) is 0.621. The van der Waals surface area contributed by atoms with Gasteiger partial charge in [-0.1, -0.05) is 67.9 Å². The molecule has 6 fully saturated rings. The summed E-state index contributed by atoms with van der Waals surface area (Å²) in [6, 6.07) is -0.165. The normalized spacial score (nSPS) is 28.6. The van der Waals surface area contributed by atoms with Crippen molar-refractivity contribution in [1.82, 2.24) is 56.1 Å². The minimum atomic E-state index is -5.23. The number of benzene rings is 2. The van der Waals surface area contributed by atoms with Gasteiger partial charge >= 0.3 is 10.4 Å². The predicted octanol–water partition coefficient (Wildman–Crippen LogP) is -0.833. The van der Waals surface area contributed by atoms with Gasteiger partial charge < -0.3 is 86.4 Å². The molecule has 34 heteroatoms. The Morgan fingerprint density at radius 3 is 2.04 bits per heavy atom. The summed E-state index contributed by atoms with van der Waals surface area (Å²) in [6.07, 6.45) is 2.01. The third kappa shape index (κ3) is 18.7. The molecule has 4 saturated heterocycles. The molecule has 7 amide bonds. The van der Waals surface area contributed by atoms with Crippen LogP contribution in [0.4, 0.5) is 5.95 Å². The number of piperidine rings is 1. The molecule has 2 saturated carbocycles. The zero-order chi connectivity index (χ0) is 71.9. The number of aromatic nitrogens is 4. The number of rotatable bonds is 18. The molecular formula is C66H91N13O19S2. The number of hydrogen-bond donors (Lipinski definition) is 13. The van der Waals surface area contributed by atoms with E-state index in [0.717, 1.165) is 106 Å². The second-order valence-corrected chi connectivity index (χ2v) is 29.5. The Hall–Kier alpha value is -7.64. The Labute approximate surface area is 582 Å². The van der Waals surface area contributed by atoms with Crippen molar-refractivity contribution in [2.75, 3.05) is 51.2 Å². The number of primary amides is 1. The van der Waals surface area contributed by atoms with Crippen molar-refractivity contribution in [2.24, 2.45) is 17.6 Å². The van der Waals surface area contributed by atoms with Gasteiger partial charge in [0.1, 0.15) is 40.2 Å². The molecule has 100 heavy (non-hydrogen) atoms. The molecule has 546 valence electrons. The molecule has 4 aliphatic heterocycles. The van der Waals surface area contributed by atoms with Gasteiger partial charge in [0, 0.05) is 87.5 Å². The van der Waals surface area contributed by atoms with Crippen molar-refractivity contribution >= 4 is 69.0 Å². The number of phenolic OH excluding ortho intramolecular Hbond substituents is 1. The number of anilines is 1. The minimum Gasteiger partial charge on any atom is -0.504 e. The Kier molecular flexibility index (Phi) is 24.8. The van der Waals surface area contributed by atoms with Gasteiger partial charge in [0.25, 0.3) is 0 Å². The van der Waals surface area contributed by atoms with E-state index < -0.39 is 181 Å². The fourth-order valence-electron chi connectivity index (χ4n) is 14.5. The van der Waals surface area contributed by atoms with Crippen LogP contribution in [0, 0.1) is 11.8 Å². The smallest absolute Gasteiger partial charge is 0.446 e. The molecule has 14 N–H and O–H groups in total. The van der Waals surface area contributed by atoms with Crippen LogP contribution in [0.5, 0.6) is 11.5 Å². The summed E-state index contributed by atoms with van der Waals surface area (Å²) in [6.45, 7) is 3.13. The van der Waals surface area contributed by atoms with E-state index in [4.69, 9.17) is 20.4 Å². The number of likely N-dealkylation sites (N-methyl/N-ethyl adjacent to an activating group) is 1. The molecule has 2 aromatic carbocycles. The lowest BCUT2D eigenvalue weighted by molar-refractivity contribution is -0.147. The van der Waals surface area contributed by atoms with Crippen LogP contribution in [-0.4, -0.2) is 256 Å². The lowest BCUT2D eigenvalue weighted by atomic mass is 9.82. The molecule has 0 radical (unpaired) electrons. The molecule has 13 atom stereocenters. The number of ether oxygens (including phenoxy) is 1. The zero-order valence-electron chi connectivity index (χ0n) is 55.9. The van der Waals surface area contributed by atoms with Crippen molar-refractivity contribution in [2.45, 2.75) is 201 Å². The van der Waals surface area contributed by atoms with Crippen molar-refractivity contribution in [3.63, 3.8) is 0 Å². The van der Waals surface area contributed by atoms with Crippen LogP contribution in [0.25, 0.3) is 21.7 Å². The Bertz CT molecular complexity index is 3650. The first-order valence-electron chi connectivity index (χ1n) is 34.1. The number of hydrogen-bond acceptors (Lipinski definition) is 25. The lowest BCUT2D eigenvalue weighted by Gasteiger charge is -2.36. The second kappa shape index (κ2) is 33.0. The van der Waals surface area contributed by atoms with Crippen LogP contribution < -0.4 is 36.1 Å². The summed E-state index contributed by atoms with van der Waals surface area (Å²) in [5.74, 6) is -9.81. The summed E-state index contributed by atoms with van der Waals surface area (Å²) in [4.78, 5) is 115. The molecule has 10 rings (SSSR count). The van der Waals surface area contributed by atoms with Gasteiger partial charge in [-0.25, -0.2) is 9.97 Å². The monoisotopic (exact) mass is 1430 g/mol. The Morgan fingerprint density at radius 2 is 1.38 bits per heavy atom. The molecule has 4 aromatic rings. The number of phenols is 1. The molecule has 6 aliphatic rings. The first kappa shape index (κ1) is 75.0. The van der Waals surface area contributed by atoms with Gasteiger partial charge in [0.15, 0.2) is 11.5 Å². The predicted molar refractivity (Wildman–Crippen MR) is 358 cm³/mol. The van der Waals surface area contributed by atoms with Crippen LogP contribution in [0.15, 0.2) is 54.9 Å². The van der Waals surface area contributed by atoms with E-state index in [9.17, 15) is 82.3 Å². The van der Waals surface area contributed by atoms with E-state index in [-0.39, 0.29) is 36.6 Å². The summed E-state index contributed by atoms with van der Waals surface area (Å²) in [5.41, 5.74) is 8.07. The molecule has 6 heterocycles. The van der Waals surface area contributed by atoms with Gasteiger partial charge in [-0.2, -0.15) is 8.42 Å². The standard InChI is InChI=1S/C66H91N13O19S2/c1-34-31-79-56(57(34)87)61(91)68-30-42(81)25-46(76(3)32-36-9-12-39(13-10-36)62-74-75-63(99-62)40-16-14-38(15-17-40)41-28-69-66(70-29-41)77-21-19-45(20-22-77)97-44-7-5-4-6-8-44)58(88)71-53(35(2)80)64(92)78-33-43(82)26-47(78)59(89)72-54(60(90)73-55(65(79)93)50(85)27-52(67)86)49(84)23-37-11-18-48(83)51(24-37)98-100(94,95)96/h11,14-18,24,28-29,34-36,39,42-47,49-50,53-57,80-85,87H,4-10,12-13,19-23,25-27,30-33H2,1-3H3,(H2,67,86)(H,68,91)(H,71,88)(H,72,89)(H,73,90)(H,94,95,96)/t34-,35+,36?,39?,42+,43+,46-,47-,49+,50+,53-,54-,55-,56-,57-/m0/s1. The SMILES string of the molecule is C[C@@H](O)[C@@H]1NC(=O)[C@@H](N(C)CC2CCC(c3nnc(-c4ccc(-c5cnc(N6CCC(OC7CCCCC7)CC6)nc5)cc4)s3)CC2)C[C@@H](O)CNC(=O)[C@@H]2[C@@H](O)[C@@H](C)CN2C(=O)[C@H]([C@H](O)CC(N)=O)NC(=O)[C@H]([C@H](O)Cc2ccc(O)c(OS(=O)(=O)O)c2)NC(=O)[C@@H]2C[C@@H](O)CN2C1=O. The number of carbonyl (C=O) groups excluding carboxylic acids is 7. The van der Waals surface area contributed by atoms with Crippen molar-refractivity contribution in [1.29, 1.82) is 0 Å². The summed E-state index contributed by atoms with van der Waals surface area (Å²) in [5, 5.41) is 99.7. The van der Waals surface area contributed by atoms with E-state index in [2.05, 4.69) is 40.5 Å². The molecule has 2 aromatic heterocycles. The largest absolute Gasteiger partial charge is 0.504 e. The van der Waals surface area contributed by atoms with Gasteiger partial charge in [-0.15, -0.1) is 10.2 Å². The Balaban J connectivity index is 0.836. The van der Waals surface area contributed by atoms with E-state index in [1.165, 1.54) is 44.4 Å². The second-order valence-electron chi connectivity index (χ2n) is 27.5. The average Bonchev–Trinajstić information content (AvgIpc) is 1.61. The molecule has 32 nitrogen and oxygen atoms in total. The third-order valence-corrected chi connectivity index (χ3v) is 21.5. The van der Waals surface area contributed by atoms with E-state index in [1.54, 1.807) is 11.9 Å². The summed E-state index contributed by atoms with van der Waals surface area (Å²) < 4.78 is 43.4. The molecule has 0 bridgehead atoms. The first-order chi connectivity index (χ1) is 47.6. The third-order valence-electron chi connectivity index (χ3n) is 20.0. The number of nitrogens with zero attached hydrogens (tertiary/aromatic N) is 8. The molecule has 0 spiro atoms. The lowest BCUT2D eigenvalue weighted by Crippen LogP contribution is -2.64. The van der Waals surface area contributed by atoms with Gasteiger partial charge in [0.05, 0.1) is 61.3 Å². The fourth-order valence-corrected chi connectivity index (χ4v) is 15.8. The number of amides is 7. The van der Waals surface area contributed by atoms with Crippen molar-refractivity contribution in [3.8, 4) is 33.2 Å². The van der Waals surface area contributed by atoms with Crippen LogP contribution in [0.3, 0.4) is 0 Å². The van der Waals surface area contributed by atoms with Crippen LogP contribution in [0.2, 0.25) is 0 Å². The van der Waals surface area contributed by atoms with Crippen LogP contribution in [0.1, 0.15) is 120 Å². The number of aromatic hydroxyl groups is 1. The van der Waals surface area contributed by atoms with E-state index >= 15 is 0 Å².